The smallest absolute Gasteiger partial charge is 0.168 e. The van der Waals surface area contributed by atoms with Crippen LogP contribution in [0.1, 0.15) is 0 Å². The van der Waals surface area contributed by atoms with Gasteiger partial charge in [-0.1, -0.05) is 158 Å². The van der Waals surface area contributed by atoms with E-state index in [1.165, 1.54) is 10.8 Å². The SMILES string of the molecule is c1ccc(-c2nc(-c3ccccc3)nc(-c3cccc(N(c4ccccc4)c4ccc(-c5nnc(-c6ccc7c8ccccc8n(-c8ccccc8)c7c6)n5-c5ccccc5)cc4)c3)n2)cc1. The highest BCUT2D eigenvalue weighted by Crippen LogP contribution is 2.39. The van der Waals surface area contributed by atoms with E-state index in [9.17, 15) is 0 Å². The molecule has 0 aliphatic rings. The molecular weight excluding hydrogens is 821 g/mol. The Labute approximate surface area is 387 Å². The van der Waals surface area contributed by atoms with Gasteiger partial charge in [-0.05, 0) is 84.9 Å². The molecule has 0 N–H and O–H groups in total. The lowest BCUT2D eigenvalue weighted by Crippen LogP contribution is -2.10. The Morgan fingerprint density at radius 1 is 0.284 bits per heavy atom. The van der Waals surface area contributed by atoms with Crippen LogP contribution in [0, 0.1) is 0 Å². The highest BCUT2D eigenvalue weighted by atomic mass is 15.3. The number of rotatable bonds is 10. The molecule has 0 unspecified atom stereocenters. The summed E-state index contributed by atoms with van der Waals surface area (Å²) in [5.41, 5.74) is 11.9. The van der Waals surface area contributed by atoms with Gasteiger partial charge in [-0.15, -0.1) is 10.2 Å². The van der Waals surface area contributed by atoms with Gasteiger partial charge in [0, 0.05) is 67.0 Å². The standard InChI is InChI=1S/C59H40N8/c1-6-19-41(20-7-1)55-60-56(42-21-8-2-9-22-42)62-57(61-55)44-23-18-30-50(39-44)65(46-24-10-3-11-25-46)49-36-33-43(34-37-49)58-63-64-59(67(58)48-28-14-5-15-29-48)45-35-38-52-51-31-16-17-32-53(51)66(54(52)40-45)47-26-12-4-13-27-47/h1-40H. The summed E-state index contributed by atoms with van der Waals surface area (Å²) in [6.07, 6.45) is 0. The molecule has 0 aliphatic heterocycles. The molecule has 0 amide bonds. The third kappa shape index (κ3) is 7.38. The zero-order valence-corrected chi connectivity index (χ0v) is 36.2. The first kappa shape index (κ1) is 39.3. The first-order chi connectivity index (χ1) is 33.2. The van der Waals surface area contributed by atoms with Crippen molar-refractivity contribution in [3.05, 3.63) is 243 Å². The summed E-state index contributed by atoms with van der Waals surface area (Å²) in [5.74, 6) is 3.32. The number of benzene rings is 9. The minimum absolute atomic E-state index is 0.592. The topological polar surface area (TPSA) is 77.5 Å². The summed E-state index contributed by atoms with van der Waals surface area (Å²) in [6, 6.07) is 83.5. The molecule has 0 atom stereocenters. The van der Waals surface area contributed by atoms with Gasteiger partial charge in [-0.25, -0.2) is 15.0 Å². The van der Waals surface area contributed by atoms with Crippen LogP contribution in [0.2, 0.25) is 0 Å². The van der Waals surface area contributed by atoms with Crippen LogP contribution in [0.25, 0.3) is 90.1 Å². The number of hydrogen-bond donors (Lipinski definition) is 0. The van der Waals surface area contributed by atoms with Crippen molar-refractivity contribution in [3.8, 4) is 68.3 Å². The lowest BCUT2D eigenvalue weighted by Gasteiger charge is -2.26. The maximum absolute atomic E-state index is 5.03. The quantitative estimate of drug-likeness (QED) is 0.136. The average molecular weight is 861 g/mol. The van der Waals surface area contributed by atoms with Gasteiger partial charge >= 0.3 is 0 Å². The molecule has 8 nitrogen and oxygen atoms in total. The Morgan fingerprint density at radius 2 is 0.731 bits per heavy atom. The van der Waals surface area contributed by atoms with Crippen molar-refractivity contribution in [2.75, 3.05) is 4.90 Å². The summed E-state index contributed by atoms with van der Waals surface area (Å²) in [4.78, 5) is 17.2. The van der Waals surface area contributed by atoms with Gasteiger partial charge in [-0.3, -0.25) is 4.57 Å². The molecule has 3 aromatic heterocycles. The zero-order chi connectivity index (χ0) is 44.5. The van der Waals surface area contributed by atoms with Crippen molar-refractivity contribution < 1.29 is 0 Å². The summed E-state index contributed by atoms with van der Waals surface area (Å²) in [5, 5.41) is 12.2. The minimum Gasteiger partial charge on any atom is -0.310 e. The van der Waals surface area contributed by atoms with Crippen LogP contribution in [0.15, 0.2) is 243 Å². The Hall–Kier alpha value is -9.27. The molecule has 0 spiro atoms. The number of para-hydroxylation sites is 4. The van der Waals surface area contributed by atoms with Gasteiger partial charge in [0.25, 0.3) is 0 Å². The van der Waals surface area contributed by atoms with Gasteiger partial charge in [0.2, 0.25) is 0 Å². The zero-order valence-electron chi connectivity index (χ0n) is 36.2. The summed E-state index contributed by atoms with van der Waals surface area (Å²) >= 11 is 0. The van der Waals surface area contributed by atoms with Crippen molar-refractivity contribution in [1.82, 2.24) is 34.3 Å². The highest BCUT2D eigenvalue weighted by molar-refractivity contribution is 6.10. The first-order valence-corrected chi connectivity index (χ1v) is 22.3. The Kier molecular flexibility index (Phi) is 9.99. The van der Waals surface area contributed by atoms with Crippen LogP contribution >= 0.6 is 0 Å². The van der Waals surface area contributed by atoms with Crippen LogP contribution in [-0.4, -0.2) is 34.3 Å². The molecule has 67 heavy (non-hydrogen) atoms. The maximum atomic E-state index is 5.03. The van der Waals surface area contributed by atoms with Gasteiger partial charge in [0.1, 0.15) is 0 Å². The lowest BCUT2D eigenvalue weighted by molar-refractivity contribution is 1.07. The van der Waals surface area contributed by atoms with E-state index < -0.39 is 0 Å². The average Bonchev–Trinajstić information content (AvgIpc) is 4.00. The first-order valence-electron chi connectivity index (χ1n) is 22.3. The van der Waals surface area contributed by atoms with Crippen LogP contribution in [0.4, 0.5) is 17.1 Å². The van der Waals surface area contributed by atoms with Gasteiger partial charge in [0.15, 0.2) is 29.1 Å². The van der Waals surface area contributed by atoms with Crippen molar-refractivity contribution in [2.45, 2.75) is 0 Å². The monoisotopic (exact) mass is 860 g/mol. The molecular formula is C59H40N8. The van der Waals surface area contributed by atoms with E-state index in [1.807, 2.05) is 72.8 Å². The molecule has 0 saturated carbocycles. The second-order valence-electron chi connectivity index (χ2n) is 16.2. The second kappa shape index (κ2) is 17.0. The molecule has 316 valence electrons. The fourth-order valence-electron chi connectivity index (χ4n) is 8.95. The van der Waals surface area contributed by atoms with Crippen molar-refractivity contribution in [2.24, 2.45) is 0 Å². The Bertz CT molecular complexity index is 3610. The number of hydrogen-bond acceptors (Lipinski definition) is 6. The van der Waals surface area contributed by atoms with Crippen molar-refractivity contribution in [1.29, 1.82) is 0 Å². The fraction of sp³-hybridized carbons (Fsp3) is 0. The Morgan fingerprint density at radius 3 is 1.36 bits per heavy atom. The third-order valence-corrected chi connectivity index (χ3v) is 12.1. The molecule has 3 heterocycles. The van der Waals surface area contributed by atoms with Gasteiger partial charge in [-0.2, -0.15) is 0 Å². The van der Waals surface area contributed by atoms with E-state index in [0.29, 0.717) is 17.5 Å². The molecule has 0 radical (unpaired) electrons. The summed E-state index contributed by atoms with van der Waals surface area (Å²) < 4.78 is 4.49. The Balaban J connectivity index is 0.950. The lowest BCUT2D eigenvalue weighted by atomic mass is 10.1. The van der Waals surface area contributed by atoms with Crippen LogP contribution in [-0.2, 0) is 0 Å². The van der Waals surface area contributed by atoms with E-state index in [0.717, 1.165) is 78.9 Å². The molecule has 0 bridgehead atoms. The molecule has 9 aromatic carbocycles. The number of nitrogens with zero attached hydrogens (tertiary/aromatic N) is 8. The molecule has 0 saturated heterocycles. The number of fused-ring (bicyclic) bond motifs is 3. The number of aromatic nitrogens is 7. The van der Waals surface area contributed by atoms with E-state index in [1.54, 1.807) is 0 Å². The minimum atomic E-state index is 0.592. The van der Waals surface area contributed by atoms with Gasteiger partial charge in [0.05, 0.1) is 11.0 Å². The largest absolute Gasteiger partial charge is 0.310 e. The molecule has 12 aromatic rings. The van der Waals surface area contributed by atoms with Crippen LogP contribution < -0.4 is 4.90 Å². The molecule has 0 fully saturated rings. The second-order valence-corrected chi connectivity index (χ2v) is 16.2. The fourth-order valence-corrected chi connectivity index (χ4v) is 8.95. The molecule has 0 aliphatic carbocycles. The van der Waals surface area contributed by atoms with E-state index in [4.69, 9.17) is 25.1 Å². The third-order valence-electron chi connectivity index (χ3n) is 12.1. The predicted octanol–water partition coefficient (Wildman–Crippen LogP) is 14.4. The van der Waals surface area contributed by atoms with Crippen LogP contribution in [0.5, 0.6) is 0 Å². The normalized spacial score (nSPS) is 11.3. The maximum Gasteiger partial charge on any atom is 0.168 e. The van der Waals surface area contributed by atoms with E-state index in [-0.39, 0.29) is 0 Å². The van der Waals surface area contributed by atoms with E-state index >= 15 is 0 Å². The predicted molar refractivity (Wildman–Crippen MR) is 271 cm³/mol. The van der Waals surface area contributed by atoms with Crippen molar-refractivity contribution >= 4 is 38.9 Å². The van der Waals surface area contributed by atoms with Crippen molar-refractivity contribution in [3.63, 3.8) is 0 Å². The molecule has 12 rings (SSSR count). The molecule has 8 heteroatoms. The number of anilines is 3. The van der Waals surface area contributed by atoms with E-state index in [2.05, 4.69) is 184 Å². The van der Waals surface area contributed by atoms with Gasteiger partial charge < -0.3 is 9.47 Å². The highest BCUT2D eigenvalue weighted by Gasteiger charge is 2.22. The summed E-state index contributed by atoms with van der Waals surface area (Å²) in [7, 11) is 0. The summed E-state index contributed by atoms with van der Waals surface area (Å²) in [6.45, 7) is 0. The van der Waals surface area contributed by atoms with Crippen LogP contribution in [0.3, 0.4) is 0 Å².